The number of halogens is 4. The first kappa shape index (κ1) is 27.0. The quantitative estimate of drug-likeness (QED) is 0.165. The van der Waals surface area contributed by atoms with Crippen LogP contribution in [0.25, 0.3) is 16.9 Å². The second-order valence-electron chi connectivity index (χ2n) is 9.71. The normalized spacial score (nSPS) is 19.2. The molecule has 3 N–H and O–H groups in total. The zero-order chi connectivity index (χ0) is 27.9. The summed E-state index contributed by atoms with van der Waals surface area (Å²) in [4.78, 5) is 19.4. The summed E-state index contributed by atoms with van der Waals surface area (Å²) in [5.74, 6) is 1.06. The van der Waals surface area contributed by atoms with Crippen LogP contribution in [-0.2, 0) is 6.18 Å². The van der Waals surface area contributed by atoms with Crippen LogP contribution in [0.4, 0.5) is 29.5 Å². The molecule has 210 valence electrons. The molecule has 0 spiro atoms. The van der Waals surface area contributed by atoms with E-state index in [-0.39, 0.29) is 37.5 Å². The standard InChI is InChI=1S/C27H25F3IN6O2S/c28-27(29,30)17-7-9-18(10-8-17)34-26(39)36-11-3-4-16(15-36)13-32-23-12-21(19-5-1-2-6-22(19)38)35-25-20(24-31-40-24)14-33-37(23)25/h1-2,5-10,12,14,16,24,32,38H,3-4,11,13,15H2,(H,34,39)/q-1/t16?,24-/m1/s1. The van der Waals surface area contributed by atoms with Crippen molar-refractivity contribution in [2.45, 2.75) is 22.3 Å². The van der Waals surface area contributed by atoms with Gasteiger partial charge in [0.05, 0.1) is 5.56 Å². The predicted octanol–water partition coefficient (Wildman–Crippen LogP) is 3.23. The van der Waals surface area contributed by atoms with Crippen molar-refractivity contribution in [2.75, 3.05) is 30.3 Å². The molecule has 2 saturated heterocycles. The molecule has 2 atom stereocenters. The minimum atomic E-state index is -4.42. The summed E-state index contributed by atoms with van der Waals surface area (Å²) in [6.45, 7) is 1.67. The second-order valence-corrected chi connectivity index (χ2v) is 15.7. The molecule has 2 aromatic carbocycles. The van der Waals surface area contributed by atoms with Crippen molar-refractivity contribution < 1.29 is 42.9 Å². The number of carbonyl (C=O) groups is 1. The van der Waals surface area contributed by atoms with E-state index in [9.17, 15) is 23.1 Å². The van der Waals surface area contributed by atoms with Gasteiger partial charge in [-0.05, 0) is 24.3 Å². The first-order valence-corrected chi connectivity index (χ1v) is 17.4. The number of para-hydroxylation sites is 1. The van der Waals surface area contributed by atoms with E-state index in [1.165, 1.54) is 12.1 Å². The number of benzene rings is 2. The zero-order valence-corrected chi connectivity index (χ0v) is 24.0. The van der Waals surface area contributed by atoms with E-state index in [4.69, 9.17) is 4.98 Å². The maximum absolute atomic E-state index is 12.9. The third kappa shape index (κ3) is 5.80. The number of hydrogen-bond acceptors (Lipinski definition) is 6. The van der Waals surface area contributed by atoms with E-state index in [1.54, 1.807) is 21.5 Å². The average molecular weight is 682 g/mol. The number of piperidine rings is 1. The van der Waals surface area contributed by atoms with Crippen LogP contribution in [0.5, 0.6) is 5.75 Å². The molecule has 0 radical (unpaired) electrons. The first-order chi connectivity index (χ1) is 19.3. The number of fused-ring (bicyclic) bond motifs is 1. The van der Waals surface area contributed by atoms with Gasteiger partial charge in [0.2, 0.25) is 0 Å². The molecule has 2 amide bonds. The summed E-state index contributed by atoms with van der Waals surface area (Å²) >= 11 is 0.0685. The average Bonchev–Trinajstić information content (AvgIpc) is 3.70. The molecule has 1 unspecified atom stereocenters. The summed E-state index contributed by atoms with van der Waals surface area (Å²) in [6, 6.07) is 13.1. The van der Waals surface area contributed by atoms with Gasteiger partial charge in [-0.1, -0.05) is 0 Å². The number of aromatic hydroxyl groups is 1. The number of amides is 2. The summed E-state index contributed by atoms with van der Waals surface area (Å²) < 4.78 is 40.8. The monoisotopic (exact) mass is 681 g/mol. The number of phenols is 1. The third-order valence-corrected chi connectivity index (χ3v) is 11.3. The van der Waals surface area contributed by atoms with Crippen molar-refractivity contribution >= 4 is 32.1 Å². The van der Waals surface area contributed by atoms with E-state index in [2.05, 4.69) is 15.7 Å². The predicted molar refractivity (Wildman–Crippen MR) is 144 cm³/mol. The van der Waals surface area contributed by atoms with Crippen molar-refractivity contribution in [1.29, 1.82) is 0 Å². The van der Waals surface area contributed by atoms with Crippen LogP contribution in [0.3, 0.4) is 0 Å². The van der Waals surface area contributed by atoms with Gasteiger partial charge in [0.1, 0.15) is 0 Å². The molecule has 2 aliphatic heterocycles. The Kier molecular flexibility index (Phi) is 7.42. The summed E-state index contributed by atoms with van der Waals surface area (Å²) in [5.41, 5.74) is 2.75. The Morgan fingerprint density at radius 2 is 1.95 bits per heavy atom. The molecule has 4 aromatic rings. The van der Waals surface area contributed by atoms with E-state index in [1.807, 2.05) is 33.3 Å². The number of likely N-dealkylation sites (tertiary alicyclic amines) is 1. The zero-order valence-electron chi connectivity index (χ0n) is 21.0. The van der Waals surface area contributed by atoms with E-state index in [0.29, 0.717) is 39.8 Å². The topological polar surface area (TPSA) is 94.8 Å². The van der Waals surface area contributed by atoms with Gasteiger partial charge in [-0.25, -0.2) is 0 Å². The van der Waals surface area contributed by atoms with Gasteiger partial charge in [0, 0.05) is 5.69 Å². The number of urea groups is 1. The van der Waals surface area contributed by atoms with Gasteiger partial charge in [-0.3, -0.25) is 0 Å². The molecular weight excluding hydrogens is 656 g/mol. The Morgan fingerprint density at radius 3 is 2.67 bits per heavy atom. The Labute approximate surface area is 241 Å². The number of nitrogens with zero attached hydrogens (tertiary/aromatic N) is 4. The molecule has 13 heteroatoms. The number of phenolic OH excluding ortho intramolecular Hbond substituents is 1. The van der Waals surface area contributed by atoms with Gasteiger partial charge < -0.3 is 0 Å². The molecule has 0 saturated carbocycles. The van der Waals surface area contributed by atoms with Crippen LogP contribution in [0.1, 0.15) is 27.2 Å². The molecule has 8 nitrogen and oxygen atoms in total. The number of aromatic nitrogens is 3. The molecule has 2 fully saturated rings. The number of anilines is 2. The number of hydrogen-bond donors (Lipinski definition) is 3. The second kappa shape index (κ2) is 11.0. The third-order valence-electron chi connectivity index (χ3n) is 6.94. The molecule has 0 bridgehead atoms. The SMILES string of the molecule is O=C(Nc1ccc(C(F)(F)F)cc1)N1CCCC(CNc2cc(-c3ccccc3O)nc3c([C@H]4S[I-]4)cnn23)C1. The van der Waals surface area contributed by atoms with Crippen LogP contribution in [0.2, 0.25) is 0 Å². The fourth-order valence-electron chi connectivity index (χ4n) is 4.83. The van der Waals surface area contributed by atoms with E-state index < -0.39 is 11.7 Å². The van der Waals surface area contributed by atoms with Crippen molar-refractivity contribution in [1.82, 2.24) is 19.5 Å². The van der Waals surface area contributed by atoms with Crippen LogP contribution < -0.4 is 30.5 Å². The minimum absolute atomic E-state index is 0.0685. The Balaban J connectivity index is 1.16. The molecule has 40 heavy (non-hydrogen) atoms. The Hall–Kier alpha value is -3.20. The summed E-state index contributed by atoms with van der Waals surface area (Å²) in [7, 11) is 1.95. The van der Waals surface area contributed by atoms with Gasteiger partial charge in [-0.2, -0.15) is 13.2 Å². The first-order valence-electron chi connectivity index (χ1n) is 12.7. The molecule has 2 aliphatic rings. The molecular formula is C27H25F3IN6O2S-. The van der Waals surface area contributed by atoms with Gasteiger partial charge in [0.15, 0.2) is 0 Å². The van der Waals surface area contributed by atoms with Gasteiger partial charge >= 0.3 is 193 Å². The van der Waals surface area contributed by atoms with Crippen molar-refractivity contribution in [3.63, 3.8) is 0 Å². The molecule has 6 rings (SSSR count). The Bertz CT molecular complexity index is 1540. The fraction of sp³-hybridized carbons (Fsp3) is 0.296. The van der Waals surface area contributed by atoms with Crippen LogP contribution >= 0.6 is 8.93 Å². The van der Waals surface area contributed by atoms with E-state index >= 15 is 0 Å². The Morgan fingerprint density at radius 1 is 1.18 bits per heavy atom. The molecule has 4 heterocycles. The van der Waals surface area contributed by atoms with Crippen molar-refractivity contribution in [2.24, 2.45) is 5.92 Å². The molecule has 2 aromatic heterocycles. The number of rotatable bonds is 6. The van der Waals surface area contributed by atoms with Gasteiger partial charge in [0.25, 0.3) is 0 Å². The van der Waals surface area contributed by atoms with E-state index in [0.717, 1.165) is 42.0 Å². The fourth-order valence-corrected chi connectivity index (χ4v) is 7.76. The number of carbonyl (C=O) groups excluding carboxylic acids is 1. The van der Waals surface area contributed by atoms with Crippen molar-refractivity contribution in [3.05, 3.63) is 71.9 Å². The summed E-state index contributed by atoms with van der Waals surface area (Å²) in [6.07, 6.45) is -0.810. The molecule has 0 aliphatic carbocycles. The summed E-state index contributed by atoms with van der Waals surface area (Å²) in [5, 5.41) is 21.3. The van der Waals surface area contributed by atoms with Crippen LogP contribution in [-0.4, -0.2) is 50.3 Å². The van der Waals surface area contributed by atoms with Crippen LogP contribution in [0.15, 0.2) is 60.8 Å². The van der Waals surface area contributed by atoms with Crippen LogP contribution in [0, 0.1) is 5.92 Å². The number of alkyl halides is 4. The van der Waals surface area contributed by atoms with Gasteiger partial charge in [-0.15, -0.1) is 0 Å². The maximum atomic E-state index is 12.9. The number of nitrogens with one attached hydrogen (secondary N) is 2. The van der Waals surface area contributed by atoms with Crippen molar-refractivity contribution in [3.8, 4) is 17.0 Å².